The van der Waals surface area contributed by atoms with E-state index in [2.05, 4.69) is 42.7 Å². The first kappa shape index (κ1) is 25.7. The number of nitrogens with zero attached hydrogens (tertiary/aromatic N) is 2. The Bertz CT molecular complexity index is 1170. The summed E-state index contributed by atoms with van der Waals surface area (Å²) in [6.45, 7) is 6.13. The number of aliphatic hydroxyl groups is 1. The highest BCUT2D eigenvalue weighted by Gasteiger charge is 2.50. The minimum absolute atomic E-state index is 0.00246. The SMILES string of the molecule is COc1cccc(S(=O)(=O)N2CCCCN3[C@@H](CO)[C@H](c4ccc(C#CCC(C)C)cc4)[C@@H]3C2)c1. The zero-order valence-corrected chi connectivity index (χ0v) is 21.7. The predicted octanol–water partition coefficient (Wildman–Crippen LogP) is 3.71. The van der Waals surface area contributed by atoms with Gasteiger partial charge in [-0.15, -0.1) is 0 Å². The summed E-state index contributed by atoms with van der Waals surface area (Å²) in [5, 5.41) is 10.2. The van der Waals surface area contributed by atoms with E-state index in [1.54, 1.807) is 28.6 Å². The molecule has 188 valence electrons. The van der Waals surface area contributed by atoms with Crippen LogP contribution in [0.1, 0.15) is 50.2 Å². The van der Waals surface area contributed by atoms with Crippen molar-refractivity contribution in [2.45, 2.75) is 56.0 Å². The highest BCUT2D eigenvalue weighted by molar-refractivity contribution is 7.89. The molecular weight excluding hydrogens is 460 g/mol. The van der Waals surface area contributed by atoms with E-state index in [0.717, 1.165) is 36.9 Å². The second-order valence-electron chi connectivity index (χ2n) is 9.85. The molecule has 0 bridgehead atoms. The molecule has 0 amide bonds. The van der Waals surface area contributed by atoms with Crippen LogP contribution in [0.3, 0.4) is 0 Å². The number of methoxy groups -OCH3 is 1. The maximum atomic E-state index is 13.6. The van der Waals surface area contributed by atoms with Gasteiger partial charge in [0.15, 0.2) is 0 Å². The molecule has 4 rings (SSSR count). The molecule has 3 atom stereocenters. The summed E-state index contributed by atoms with van der Waals surface area (Å²) in [5.41, 5.74) is 2.10. The van der Waals surface area contributed by atoms with Gasteiger partial charge in [-0.3, -0.25) is 4.90 Å². The summed E-state index contributed by atoms with van der Waals surface area (Å²) < 4.78 is 34.0. The van der Waals surface area contributed by atoms with Gasteiger partial charge in [-0.25, -0.2) is 8.42 Å². The van der Waals surface area contributed by atoms with E-state index in [-0.39, 0.29) is 29.5 Å². The molecule has 1 N–H and O–H groups in total. The van der Waals surface area contributed by atoms with Crippen LogP contribution in [-0.4, -0.2) is 68.2 Å². The molecule has 0 radical (unpaired) electrons. The fourth-order valence-electron chi connectivity index (χ4n) is 5.18. The van der Waals surface area contributed by atoms with Crippen molar-refractivity contribution in [1.82, 2.24) is 9.21 Å². The molecule has 7 heteroatoms. The van der Waals surface area contributed by atoms with Crippen LogP contribution in [0.25, 0.3) is 0 Å². The van der Waals surface area contributed by atoms with Gasteiger partial charge in [0, 0.05) is 49.1 Å². The van der Waals surface area contributed by atoms with Crippen LogP contribution in [-0.2, 0) is 10.0 Å². The molecule has 0 spiro atoms. The van der Waals surface area contributed by atoms with Gasteiger partial charge >= 0.3 is 0 Å². The molecule has 2 saturated heterocycles. The van der Waals surface area contributed by atoms with Crippen LogP contribution in [0.4, 0.5) is 0 Å². The van der Waals surface area contributed by atoms with E-state index < -0.39 is 10.0 Å². The summed E-state index contributed by atoms with van der Waals surface area (Å²) in [6.07, 6.45) is 2.55. The van der Waals surface area contributed by atoms with Gasteiger partial charge in [0.2, 0.25) is 10.0 Å². The van der Waals surface area contributed by atoms with Crippen molar-refractivity contribution >= 4 is 10.0 Å². The largest absolute Gasteiger partial charge is 0.497 e. The van der Waals surface area contributed by atoms with E-state index in [4.69, 9.17) is 4.74 Å². The fourth-order valence-corrected chi connectivity index (χ4v) is 6.72. The lowest BCUT2D eigenvalue weighted by Crippen LogP contribution is -2.67. The number of aliphatic hydroxyl groups excluding tert-OH is 1. The third kappa shape index (κ3) is 5.57. The fraction of sp³-hybridized carbons (Fsp3) is 0.500. The molecule has 35 heavy (non-hydrogen) atoms. The molecule has 0 aliphatic carbocycles. The van der Waals surface area contributed by atoms with Crippen molar-refractivity contribution < 1.29 is 18.3 Å². The predicted molar refractivity (Wildman–Crippen MR) is 138 cm³/mol. The Balaban J connectivity index is 1.58. The monoisotopic (exact) mass is 496 g/mol. The first-order valence-electron chi connectivity index (χ1n) is 12.4. The topological polar surface area (TPSA) is 70.1 Å². The molecule has 2 aromatic carbocycles. The molecule has 2 aliphatic rings. The normalized spacial score (nSPS) is 23.4. The Hall–Kier alpha value is -2.37. The van der Waals surface area contributed by atoms with Gasteiger partial charge in [-0.2, -0.15) is 4.31 Å². The van der Waals surface area contributed by atoms with Crippen LogP contribution in [0.5, 0.6) is 5.75 Å². The van der Waals surface area contributed by atoms with Crippen LogP contribution < -0.4 is 4.74 Å². The van der Waals surface area contributed by atoms with Crippen molar-refractivity contribution in [1.29, 1.82) is 0 Å². The van der Waals surface area contributed by atoms with E-state index in [1.807, 2.05) is 12.1 Å². The molecule has 2 aliphatic heterocycles. The zero-order chi connectivity index (χ0) is 25.0. The lowest BCUT2D eigenvalue weighted by molar-refractivity contribution is -0.0553. The smallest absolute Gasteiger partial charge is 0.243 e. The molecule has 0 unspecified atom stereocenters. The summed E-state index contributed by atoms with van der Waals surface area (Å²) >= 11 is 0. The molecule has 6 nitrogen and oxygen atoms in total. The van der Waals surface area contributed by atoms with Crippen LogP contribution in [0.2, 0.25) is 0 Å². The summed E-state index contributed by atoms with van der Waals surface area (Å²) in [6, 6.07) is 14.9. The molecule has 0 saturated carbocycles. The second-order valence-corrected chi connectivity index (χ2v) is 11.8. The summed E-state index contributed by atoms with van der Waals surface area (Å²) in [7, 11) is -2.13. The molecular formula is C28H36N2O4S. The Morgan fingerprint density at radius 3 is 2.54 bits per heavy atom. The number of fused-ring (bicyclic) bond motifs is 1. The standard InChI is InChI=1S/C28H36N2O4S/c1-21(2)8-6-9-22-12-14-23(15-13-22)28-26-19-29(16-4-5-17-30(26)27(28)20-31)35(32,33)25-11-7-10-24(18-25)34-3/h7,10-15,18,21,26-28,31H,4-5,8,16-17,19-20H2,1-3H3/t26-,27-,28+/m0/s1. The first-order valence-corrected chi connectivity index (χ1v) is 13.9. The van der Waals surface area contributed by atoms with Crippen molar-refractivity contribution in [3.8, 4) is 17.6 Å². The van der Waals surface area contributed by atoms with Crippen LogP contribution in [0.15, 0.2) is 53.4 Å². The van der Waals surface area contributed by atoms with Gasteiger partial charge in [0.1, 0.15) is 5.75 Å². The zero-order valence-electron chi connectivity index (χ0n) is 20.9. The second kappa shape index (κ2) is 11.1. The minimum Gasteiger partial charge on any atom is -0.497 e. The van der Waals surface area contributed by atoms with E-state index in [1.165, 1.54) is 7.11 Å². The lowest BCUT2D eigenvalue weighted by atomic mass is 9.74. The lowest BCUT2D eigenvalue weighted by Gasteiger charge is -2.57. The molecule has 2 heterocycles. The van der Waals surface area contributed by atoms with Gasteiger partial charge in [0.05, 0.1) is 18.6 Å². The Kier molecular flexibility index (Phi) is 8.18. The first-order chi connectivity index (χ1) is 16.8. The molecule has 2 fully saturated rings. The average molecular weight is 497 g/mol. The van der Waals surface area contributed by atoms with Gasteiger partial charge < -0.3 is 9.84 Å². The van der Waals surface area contributed by atoms with Gasteiger partial charge in [-0.05, 0) is 55.1 Å². The number of ether oxygens (including phenoxy) is 1. The van der Waals surface area contributed by atoms with Crippen LogP contribution in [0, 0.1) is 17.8 Å². The average Bonchev–Trinajstić information content (AvgIpc) is 2.83. The Morgan fingerprint density at radius 1 is 1.11 bits per heavy atom. The van der Waals surface area contributed by atoms with Crippen molar-refractivity contribution in [2.24, 2.45) is 5.92 Å². The number of sulfonamides is 1. The number of benzene rings is 2. The van der Waals surface area contributed by atoms with E-state index in [0.29, 0.717) is 24.8 Å². The number of hydrogen-bond donors (Lipinski definition) is 1. The Morgan fingerprint density at radius 2 is 1.86 bits per heavy atom. The van der Waals surface area contributed by atoms with Gasteiger partial charge in [0.25, 0.3) is 0 Å². The summed E-state index contributed by atoms with van der Waals surface area (Å²) in [4.78, 5) is 2.54. The highest BCUT2D eigenvalue weighted by atomic mass is 32.2. The van der Waals surface area contributed by atoms with Crippen molar-refractivity contribution in [3.63, 3.8) is 0 Å². The maximum absolute atomic E-state index is 13.6. The van der Waals surface area contributed by atoms with Crippen molar-refractivity contribution in [3.05, 3.63) is 59.7 Å². The third-order valence-corrected chi connectivity index (χ3v) is 8.91. The Labute approximate surface area is 210 Å². The number of rotatable bonds is 6. The number of hydrogen-bond acceptors (Lipinski definition) is 5. The van der Waals surface area contributed by atoms with Crippen molar-refractivity contribution in [2.75, 3.05) is 33.4 Å². The van der Waals surface area contributed by atoms with Crippen LogP contribution >= 0.6 is 0 Å². The van der Waals surface area contributed by atoms with E-state index >= 15 is 0 Å². The maximum Gasteiger partial charge on any atom is 0.243 e. The van der Waals surface area contributed by atoms with E-state index in [9.17, 15) is 13.5 Å². The third-order valence-electron chi connectivity index (χ3n) is 7.05. The van der Waals surface area contributed by atoms with Gasteiger partial charge in [-0.1, -0.05) is 43.9 Å². The molecule has 0 aromatic heterocycles. The molecule has 2 aromatic rings. The quantitative estimate of drug-likeness (QED) is 0.618. The highest BCUT2D eigenvalue weighted by Crippen LogP contribution is 2.42. The minimum atomic E-state index is -3.66. The summed E-state index contributed by atoms with van der Waals surface area (Å²) in [5.74, 6) is 7.59.